The van der Waals surface area contributed by atoms with Crippen molar-refractivity contribution < 1.29 is 9.53 Å². The molecule has 0 aliphatic carbocycles. The summed E-state index contributed by atoms with van der Waals surface area (Å²) in [5, 5.41) is 0. The first-order chi connectivity index (χ1) is 6.92. The Bertz CT molecular complexity index is 396. The zero-order valence-electron chi connectivity index (χ0n) is 9.02. The summed E-state index contributed by atoms with van der Waals surface area (Å²) in [6, 6.07) is 0. The van der Waals surface area contributed by atoms with Crippen LogP contribution in [0, 0.1) is 6.57 Å². The van der Waals surface area contributed by atoms with Gasteiger partial charge in [0.1, 0.15) is 11.9 Å². The molecule has 0 saturated carbocycles. The molecule has 0 unspecified atom stereocenters. The normalized spacial score (nSPS) is 10.8. The van der Waals surface area contributed by atoms with Crippen molar-refractivity contribution in [3.05, 3.63) is 29.6 Å². The van der Waals surface area contributed by atoms with Crippen molar-refractivity contribution >= 4 is 5.97 Å². The average Bonchev–Trinajstić information content (AvgIpc) is 2.50. The van der Waals surface area contributed by atoms with E-state index in [1.165, 1.54) is 17.1 Å². The van der Waals surface area contributed by atoms with Crippen molar-refractivity contribution in [3.63, 3.8) is 0 Å². The molecule has 1 heterocycles. The minimum Gasteiger partial charge on any atom is -0.455 e. The standard InChI is InChI=1S/C10H13N3O2/c1-10(2,3)15-9(14)8-5-13(6-11-4)7-12-8/h5,7H,6H2,1-3H3. The van der Waals surface area contributed by atoms with Crippen LogP contribution in [0.3, 0.4) is 0 Å². The van der Waals surface area contributed by atoms with Crippen LogP contribution in [0.25, 0.3) is 4.85 Å². The van der Waals surface area contributed by atoms with E-state index in [-0.39, 0.29) is 12.4 Å². The van der Waals surface area contributed by atoms with E-state index in [2.05, 4.69) is 9.83 Å². The van der Waals surface area contributed by atoms with E-state index in [0.29, 0.717) is 0 Å². The molecule has 1 aromatic heterocycles. The summed E-state index contributed by atoms with van der Waals surface area (Å²) in [7, 11) is 0. The maximum absolute atomic E-state index is 11.5. The number of imidazole rings is 1. The number of carbonyl (C=O) groups is 1. The third-order valence-corrected chi connectivity index (χ3v) is 1.48. The van der Waals surface area contributed by atoms with Gasteiger partial charge in [0.2, 0.25) is 0 Å². The summed E-state index contributed by atoms with van der Waals surface area (Å²) in [6.45, 7) is 12.2. The zero-order valence-corrected chi connectivity index (χ0v) is 9.02. The molecular weight excluding hydrogens is 194 g/mol. The fourth-order valence-electron chi connectivity index (χ4n) is 0.955. The second-order valence-electron chi connectivity index (χ2n) is 4.07. The first kappa shape index (κ1) is 11.2. The van der Waals surface area contributed by atoms with Crippen molar-refractivity contribution in [2.75, 3.05) is 0 Å². The van der Waals surface area contributed by atoms with E-state index in [1.54, 1.807) is 20.8 Å². The first-order valence-electron chi connectivity index (χ1n) is 4.51. The molecule has 0 bridgehead atoms. The van der Waals surface area contributed by atoms with E-state index in [9.17, 15) is 4.79 Å². The lowest BCUT2D eigenvalue weighted by molar-refractivity contribution is 0.00633. The molecule has 0 amide bonds. The van der Waals surface area contributed by atoms with Gasteiger partial charge in [-0.3, -0.25) is 9.41 Å². The highest BCUT2D eigenvalue weighted by molar-refractivity contribution is 5.87. The Kier molecular flexibility index (Phi) is 3.10. The number of esters is 1. The minimum atomic E-state index is -0.527. The SMILES string of the molecule is [C-]#[N+]Cn1cnc(C(=O)OC(C)(C)C)c1. The van der Waals surface area contributed by atoms with Gasteiger partial charge in [-0.2, -0.15) is 0 Å². The number of hydrogen-bond acceptors (Lipinski definition) is 3. The van der Waals surface area contributed by atoms with Crippen LogP contribution in [0.2, 0.25) is 0 Å². The maximum atomic E-state index is 11.5. The average molecular weight is 207 g/mol. The Morgan fingerprint density at radius 2 is 2.33 bits per heavy atom. The summed E-state index contributed by atoms with van der Waals surface area (Å²) in [5.74, 6) is -0.466. The predicted octanol–water partition coefficient (Wildman–Crippen LogP) is 1.72. The van der Waals surface area contributed by atoms with Gasteiger partial charge >= 0.3 is 5.97 Å². The summed E-state index contributed by atoms with van der Waals surface area (Å²) < 4.78 is 6.66. The third kappa shape index (κ3) is 3.43. The van der Waals surface area contributed by atoms with Crippen LogP contribution < -0.4 is 0 Å². The summed E-state index contributed by atoms with van der Waals surface area (Å²) >= 11 is 0. The Morgan fingerprint density at radius 1 is 1.67 bits per heavy atom. The lowest BCUT2D eigenvalue weighted by Gasteiger charge is -2.18. The quantitative estimate of drug-likeness (QED) is 0.548. The van der Waals surface area contributed by atoms with E-state index in [0.717, 1.165) is 0 Å². The molecule has 0 atom stereocenters. The molecule has 15 heavy (non-hydrogen) atoms. The van der Waals surface area contributed by atoms with Crippen LogP contribution in [0.1, 0.15) is 31.3 Å². The summed E-state index contributed by atoms with van der Waals surface area (Å²) in [6.07, 6.45) is 2.95. The van der Waals surface area contributed by atoms with E-state index >= 15 is 0 Å². The Hall–Kier alpha value is -1.83. The molecule has 0 aromatic carbocycles. The van der Waals surface area contributed by atoms with Crippen LogP contribution in [-0.2, 0) is 11.4 Å². The number of nitrogens with zero attached hydrogens (tertiary/aromatic N) is 3. The van der Waals surface area contributed by atoms with Gasteiger partial charge in [-0.1, -0.05) is 0 Å². The monoisotopic (exact) mass is 207 g/mol. The predicted molar refractivity (Wildman–Crippen MR) is 54.0 cm³/mol. The molecule has 1 aromatic rings. The van der Waals surface area contributed by atoms with Gasteiger partial charge in [-0.15, -0.1) is 0 Å². The second kappa shape index (κ2) is 4.13. The van der Waals surface area contributed by atoms with Gasteiger partial charge < -0.3 is 4.74 Å². The number of rotatable bonds is 2. The van der Waals surface area contributed by atoms with Crippen molar-refractivity contribution in [1.82, 2.24) is 9.55 Å². The molecule has 80 valence electrons. The molecule has 0 saturated heterocycles. The number of aromatic nitrogens is 2. The van der Waals surface area contributed by atoms with Crippen LogP contribution in [0.15, 0.2) is 12.5 Å². The summed E-state index contributed by atoms with van der Waals surface area (Å²) in [4.78, 5) is 18.5. The molecule has 0 N–H and O–H groups in total. The molecule has 0 fully saturated rings. The fourth-order valence-corrected chi connectivity index (χ4v) is 0.955. The highest BCUT2D eigenvalue weighted by Gasteiger charge is 2.19. The highest BCUT2D eigenvalue weighted by atomic mass is 16.6. The van der Waals surface area contributed by atoms with E-state index < -0.39 is 11.6 Å². The third-order valence-electron chi connectivity index (χ3n) is 1.48. The van der Waals surface area contributed by atoms with E-state index in [4.69, 9.17) is 11.3 Å². The van der Waals surface area contributed by atoms with Crippen LogP contribution in [0.4, 0.5) is 0 Å². The Labute approximate surface area is 88.5 Å². The fraction of sp³-hybridized carbons (Fsp3) is 0.500. The Morgan fingerprint density at radius 3 is 2.87 bits per heavy atom. The zero-order chi connectivity index (χ0) is 11.5. The number of hydrogen-bond donors (Lipinski definition) is 0. The van der Waals surface area contributed by atoms with Crippen LogP contribution in [-0.4, -0.2) is 21.1 Å². The molecule has 0 spiro atoms. The van der Waals surface area contributed by atoms with Crippen molar-refractivity contribution in [2.24, 2.45) is 0 Å². The van der Waals surface area contributed by atoms with Crippen LogP contribution >= 0.6 is 0 Å². The van der Waals surface area contributed by atoms with E-state index in [1.807, 2.05) is 0 Å². The minimum absolute atomic E-state index is 0.162. The van der Waals surface area contributed by atoms with Gasteiger partial charge in [-0.25, -0.2) is 16.4 Å². The number of ether oxygens (including phenoxy) is 1. The number of carbonyl (C=O) groups excluding carboxylic acids is 1. The molecule has 5 heteroatoms. The van der Waals surface area contributed by atoms with Crippen LogP contribution in [0.5, 0.6) is 0 Å². The molecule has 5 nitrogen and oxygen atoms in total. The lowest BCUT2D eigenvalue weighted by Crippen LogP contribution is -2.24. The van der Waals surface area contributed by atoms with Crippen molar-refractivity contribution in [3.8, 4) is 0 Å². The molecule has 0 radical (unpaired) electrons. The van der Waals surface area contributed by atoms with Crippen molar-refractivity contribution in [1.29, 1.82) is 0 Å². The second-order valence-corrected chi connectivity index (χ2v) is 4.07. The lowest BCUT2D eigenvalue weighted by atomic mass is 10.2. The molecular formula is C10H13N3O2. The maximum Gasteiger partial charge on any atom is 0.359 e. The molecule has 0 aliphatic rings. The largest absolute Gasteiger partial charge is 0.455 e. The smallest absolute Gasteiger partial charge is 0.359 e. The van der Waals surface area contributed by atoms with Gasteiger partial charge in [0.15, 0.2) is 5.69 Å². The van der Waals surface area contributed by atoms with Gasteiger partial charge in [0.25, 0.3) is 6.67 Å². The first-order valence-corrected chi connectivity index (χ1v) is 4.51. The van der Waals surface area contributed by atoms with Gasteiger partial charge in [-0.05, 0) is 20.8 Å². The highest BCUT2D eigenvalue weighted by Crippen LogP contribution is 2.10. The van der Waals surface area contributed by atoms with Gasteiger partial charge in [0, 0.05) is 6.20 Å². The molecule has 0 aliphatic heterocycles. The summed E-state index contributed by atoms with van der Waals surface area (Å²) in [5.41, 5.74) is -0.297. The van der Waals surface area contributed by atoms with Crippen molar-refractivity contribution in [2.45, 2.75) is 33.0 Å². The Balaban J connectivity index is 2.71. The molecule has 1 rings (SSSR count). The van der Waals surface area contributed by atoms with Gasteiger partial charge in [0.05, 0.1) is 0 Å². The topological polar surface area (TPSA) is 48.5 Å².